The maximum atomic E-state index is 12.6. The molecule has 2 rings (SSSR count). The molecule has 1 atom stereocenters. The van der Waals surface area contributed by atoms with E-state index in [4.69, 9.17) is 0 Å². The summed E-state index contributed by atoms with van der Waals surface area (Å²) in [4.78, 5) is 11.9. The monoisotopic (exact) mass is 276 g/mol. The number of Topliss-reactive ketones (excluding diaryl/α,β-unsaturated/α-hetero) is 1. The molecule has 1 unspecified atom stereocenters. The number of hydrogen-bond acceptors (Lipinski definition) is 4. The fourth-order valence-corrected chi connectivity index (χ4v) is 2.67. The van der Waals surface area contributed by atoms with E-state index in [2.05, 4.69) is 0 Å². The molecule has 1 aliphatic heterocycles. The predicted octanol–water partition coefficient (Wildman–Crippen LogP) is 2.08. The molecule has 5 nitrogen and oxygen atoms in total. The molecule has 0 aliphatic carbocycles. The van der Waals surface area contributed by atoms with Gasteiger partial charge in [-0.2, -0.15) is 4.74 Å². The summed E-state index contributed by atoms with van der Waals surface area (Å²) in [6, 6.07) is 7.46. The van der Waals surface area contributed by atoms with Crippen molar-refractivity contribution in [1.82, 2.24) is 5.06 Å². The fraction of sp³-hybridized carbons (Fsp3) is 0.467. The Morgan fingerprint density at radius 3 is 2.15 bits per heavy atom. The van der Waals surface area contributed by atoms with Crippen LogP contribution < -0.4 is 0 Å². The highest BCUT2D eigenvalue weighted by molar-refractivity contribution is 6.06. The Balaban J connectivity index is 2.68. The minimum atomic E-state index is -1.59. The number of aryl methyl sites for hydroxylation is 1. The van der Waals surface area contributed by atoms with Gasteiger partial charge >= 0.3 is 5.66 Å². The zero-order valence-corrected chi connectivity index (χ0v) is 12.5. The Bertz CT molecular complexity index is 590. The lowest BCUT2D eigenvalue weighted by Crippen LogP contribution is -2.57. The molecule has 1 N–H and O–H groups in total. The molecule has 1 heterocycles. The third-order valence-electron chi connectivity index (χ3n) is 4.11. The molecule has 0 aromatic heterocycles. The van der Waals surface area contributed by atoms with Crippen LogP contribution in [0.15, 0.2) is 24.3 Å². The van der Waals surface area contributed by atoms with Crippen molar-refractivity contribution in [3.05, 3.63) is 40.6 Å². The molecule has 0 radical (unpaired) electrons. The molecule has 5 heteroatoms. The summed E-state index contributed by atoms with van der Waals surface area (Å²) in [5.41, 5.74) is -0.364. The van der Waals surface area contributed by atoms with Crippen molar-refractivity contribution in [2.75, 3.05) is 0 Å². The van der Waals surface area contributed by atoms with E-state index >= 15 is 0 Å². The first-order valence-electron chi connectivity index (χ1n) is 6.55. The topological polar surface area (TPSA) is 66.6 Å². The van der Waals surface area contributed by atoms with E-state index in [9.17, 15) is 15.2 Å². The molecular weight excluding hydrogens is 256 g/mol. The van der Waals surface area contributed by atoms with E-state index in [0.717, 1.165) is 10.6 Å². The summed E-state index contributed by atoms with van der Waals surface area (Å²) in [6.45, 7) is 8.15. The van der Waals surface area contributed by atoms with Crippen LogP contribution in [-0.2, 0) is 4.79 Å². The maximum Gasteiger partial charge on any atom is 0.307 e. The number of carbonyl (C=O) groups is 1. The van der Waals surface area contributed by atoms with Gasteiger partial charge in [-0.05, 0) is 32.9 Å². The van der Waals surface area contributed by atoms with Crippen molar-refractivity contribution in [2.24, 2.45) is 0 Å². The number of hydroxylamine groups is 3. The smallest absolute Gasteiger partial charge is 0.307 e. The Morgan fingerprint density at radius 2 is 1.75 bits per heavy atom. The molecule has 0 saturated heterocycles. The zero-order valence-electron chi connectivity index (χ0n) is 12.5. The van der Waals surface area contributed by atoms with Crippen LogP contribution >= 0.6 is 0 Å². The number of carbonyl (C=O) groups excluding carboxylic acids is 1. The van der Waals surface area contributed by atoms with Gasteiger partial charge in [-0.1, -0.05) is 17.7 Å². The van der Waals surface area contributed by atoms with E-state index in [-0.39, 0.29) is 0 Å². The van der Waals surface area contributed by atoms with Crippen LogP contribution in [0, 0.1) is 12.1 Å². The number of rotatable bonds is 2. The number of hydrogen-bond donors (Lipinski definition) is 1. The fourth-order valence-electron chi connectivity index (χ4n) is 2.67. The molecular formula is C15H20N2O3. The third kappa shape index (κ3) is 1.77. The van der Waals surface area contributed by atoms with Gasteiger partial charge in [0.1, 0.15) is 5.54 Å². The Hall–Kier alpha value is -1.72. The Kier molecular flexibility index (Phi) is 3.23. The minimum absolute atomic E-state index is 0.387. The van der Waals surface area contributed by atoms with E-state index in [1.165, 1.54) is 13.8 Å². The Morgan fingerprint density at radius 1 is 1.25 bits per heavy atom. The van der Waals surface area contributed by atoms with Gasteiger partial charge in [0, 0.05) is 19.4 Å². The zero-order chi connectivity index (χ0) is 15.3. The molecule has 0 fully saturated rings. The van der Waals surface area contributed by atoms with Crippen LogP contribution in [0.25, 0.3) is 0 Å². The maximum absolute atomic E-state index is 12.6. The van der Waals surface area contributed by atoms with Crippen molar-refractivity contribution in [3.8, 4) is 0 Å². The molecule has 108 valence electrons. The quantitative estimate of drug-likeness (QED) is 0.663. The molecule has 0 amide bonds. The first-order chi connectivity index (χ1) is 9.13. The molecule has 0 bridgehead atoms. The van der Waals surface area contributed by atoms with Crippen molar-refractivity contribution in [3.63, 3.8) is 0 Å². The average molecular weight is 276 g/mol. The summed E-state index contributed by atoms with van der Waals surface area (Å²) >= 11 is 0. The highest BCUT2D eigenvalue weighted by Crippen LogP contribution is 2.35. The van der Waals surface area contributed by atoms with Crippen LogP contribution in [0.4, 0.5) is 0 Å². The second-order valence-corrected chi connectivity index (χ2v) is 5.96. The highest BCUT2D eigenvalue weighted by atomic mass is 16.6. The van der Waals surface area contributed by atoms with Crippen LogP contribution in [0.3, 0.4) is 0 Å². The van der Waals surface area contributed by atoms with Crippen LogP contribution in [0.5, 0.6) is 0 Å². The van der Waals surface area contributed by atoms with Gasteiger partial charge in [0.05, 0.1) is 0 Å². The van der Waals surface area contributed by atoms with E-state index in [1.807, 2.05) is 31.2 Å². The first kappa shape index (κ1) is 14.7. The van der Waals surface area contributed by atoms with E-state index in [1.54, 1.807) is 13.8 Å². The Labute approximate surface area is 118 Å². The molecule has 1 aliphatic rings. The summed E-state index contributed by atoms with van der Waals surface area (Å²) < 4.78 is 0.625. The second kappa shape index (κ2) is 4.40. The van der Waals surface area contributed by atoms with Crippen molar-refractivity contribution in [1.29, 1.82) is 0 Å². The van der Waals surface area contributed by atoms with Gasteiger partial charge in [0.2, 0.25) is 11.5 Å². The lowest BCUT2D eigenvalue weighted by molar-refractivity contribution is -0.565. The second-order valence-electron chi connectivity index (χ2n) is 5.96. The molecule has 20 heavy (non-hydrogen) atoms. The van der Waals surface area contributed by atoms with Crippen LogP contribution in [0.2, 0.25) is 0 Å². The number of benzene rings is 1. The van der Waals surface area contributed by atoms with Gasteiger partial charge in [-0.15, -0.1) is 5.06 Å². The lowest BCUT2D eigenvalue weighted by Gasteiger charge is -2.30. The normalized spacial score (nSPS) is 26.1. The molecule has 1 aromatic rings. The number of nitrogens with zero attached hydrogens (tertiary/aromatic N) is 2. The van der Waals surface area contributed by atoms with Gasteiger partial charge in [0.25, 0.3) is 0 Å². The summed E-state index contributed by atoms with van der Waals surface area (Å²) in [6.07, 6.45) is 0. The summed E-state index contributed by atoms with van der Waals surface area (Å²) in [7, 11) is 0. The molecule has 0 spiro atoms. The summed E-state index contributed by atoms with van der Waals surface area (Å²) in [5, 5.41) is 23.8. The first-order valence-corrected chi connectivity index (χ1v) is 6.55. The van der Waals surface area contributed by atoms with E-state index in [0.29, 0.717) is 16.0 Å². The van der Waals surface area contributed by atoms with Crippen LogP contribution in [0.1, 0.15) is 38.8 Å². The SMILES string of the molecule is CC(=O)C1(C)N(O)C(C)(C)C(c2ccc(C)cc2)=[N+]1[O-]. The van der Waals surface area contributed by atoms with Gasteiger partial charge in [-0.25, -0.2) is 0 Å². The minimum Gasteiger partial charge on any atom is -0.622 e. The van der Waals surface area contributed by atoms with E-state index < -0.39 is 17.0 Å². The summed E-state index contributed by atoms with van der Waals surface area (Å²) in [5.74, 6) is -0.398. The standard InChI is InChI=1S/C15H20N2O3/c1-10-6-8-12(9-7-10)13-14(3,4)17(20)15(5,11(2)18)16(13)19/h6-9,20H,1-5H3. The lowest BCUT2D eigenvalue weighted by atomic mass is 9.92. The highest BCUT2D eigenvalue weighted by Gasteiger charge is 2.62. The number of ketones is 1. The largest absolute Gasteiger partial charge is 0.622 e. The van der Waals surface area contributed by atoms with Gasteiger partial charge in [0.15, 0.2) is 0 Å². The van der Waals surface area contributed by atoms with Crippen LogP contribution in [-0.4, -0.2) is 37.7 Å². The van der Waals surface area contributed by atoms with Crippen molar-refractivity contribution < 1.29 is 14.7 Å². The molecule has 0 saturated carbocycles. The average Bonchev–Trinajstić information content (AvgIpc) is 2.51. The van der Waals surface area contributed by atoms with Gasteiger partial charge < -0.3 is 10.4 Å². The predicted molar refractivity (Wildman–Crippen MR) is 75.7 cm³/mol. The van der Waals surface area contributed by atoms with Gasteiger partial charge in [-0.3, -0.25) is 4.79 Å². The van der Waals surface area contributed by atoms with Crippen molar-refractivity contribution in [2.45, 2.75) is 45.8 Å². The third-order valence-corrected chi connectivity index (χ3v) is 4.11. The molecule has 1 aromatic carbocycles. The van der Waals surface area contributed by atoms with Crippen molar-refractivity contribution >= 4 is 11.5 Å².